The Kier molecular flexibility index (Phi) is 7.26. The van der Waals surface area contributed by atoms with E-state index >= 15 is 0 Å². The summed E-state index contributed by atoms with van der Waals surface area (Å²) in [6.07, 6.45) is 1.41. The summed E-state index contributed by atoms with van der Waals surface area (Å²) in [5.74, 6) is -1.70. The number of amides is 2. The molecule has 2 aliphatic heterocycles. The Labute approximate surface area is 228 Å². The van der Waals surface area contributed by atoms with E-state index in [9.17, 15) is 14.0 Å². The van der Waals surface area contributed by atoms with Gasteiger partial charge in [0.2, 0.25) is 0 Å². The van der Waals surface area contributed by atoms with Crippen LogP contribution in [0.2, 0.25) is 10.0 Å². The van der Waals surface area contributed by atoms with Gasteiger partial charge < -0.3 is 9.64 Å². The van der Waals surface area contributed by atoms with Crippen molar-refractivity contribution >= 4 is 75.5 Å². The summed E-state index contributed by atoms with van der Waals surface area (Å²) < 4.78 is 18.9. The highest BCUT2D eigenvalue weighted by atomic mass is 35.5. The van der Waals surface area contributed by atoms with Crippen molar-refractivity contribution in [2.24, 2.45) is 0 Å². The van der Waals surface area contributed by atoms with E-state index in [1.54, 1.807) is 30.3 Å². The highest BCUT2D eigenvalue weighted by molar-refractivity contribution is 7.81. The van der Waals surface area contributed by atoms with Crippen molar-refractivity contribution in [3.05, 3.63) is 93.7 Å². The van der Waals surface area contributed by atoms with Crippen LogP contribution in [0.4, 0.5) is 21.5 Å². The summed E-state index contributed by atoms with van der Waals surface area (Å²) in [6.45, 7) is 2.82. The SMILES string of the molecule is O=C1/C(=C\c2ccc(F)cc2)C(=O)N(c2cccc(Cl)c2Cl)C(=S)N1c1ccc(N2CCOCC2)cc1. The molecule has 2 heterocycles. The maximum absolute atomic E-state index is 13.7. The number of halogens is 3. The summed E-state index contributed by atoms with van der Waals surface area (Å²) in [7, 11) is 0. The minimum absolute atomic E-state index is 0.0606. The molecule has 37 heavy (non-hydrogen) atoms. The molecule has 0 spiro atoms. The lowest BCUT2D eigenvalue weighted by atomic mass is 10.0. The fourth-order valence-corrected chi connectivity index (χ4v) is 4.94. The molecule has 2 saturated heterocycles. The first-order valence-electron chi connectivity index (χ1n) is 11.4. The first kappa shape index (κ1) is 25.4. The van der Waals surface area contributed by atoms with Crippen LogP contribution in [0.3, 0.4) is 0 Å². The largest absolute Gasteiger partial charge is 0.378 e. The van der Waals surface area contributed by atoms with Crippen molar-refractivity contribution in [2.45, 2.75) is 0 Å². The molecule has 0 aliphatic carbocycles. The first-order valence-corrected chi connectivity index (χ1v) is 12.6. The molecule has 0 aromatic heterocycles. The van der Waals surface area contributed by atoms with Crippen molar-refractivity contribution in [1.82, 2.24) is 0 Å². The number of hydrogen-bond acceptors (Lipinski definition) is 5. The van der Waals surface area contributed by atoms with Crippen LogP contribution in [-0.2, 0) is 14.3 Å². The van der Waals surface area contributed by atoms with Crippen LogP contribution in [0.25, 0.3) is 6.08 Å². The number of ether oxygens (including phenoxy) is 1. The molecule has 3 aromatic rings. The summed E-state index contributed by atoms with van der Waals surface area (Å²) in [6, 6.07) is 17.6. The van der Waals surface area contributed by atoms with Crippen molar-refractivity contribution in [1.29, 1.82) is 0 Å². The normalized spacial score (nSPS) is 17.6. The zero-order valence-corrected chi connectivity index (χ0v) is 21.7. The highest BCUT2D eigenvalue weighted by Crippen LogP contribution is 2.37. The van der Waals surface area contributed by atoms with E-state index in [4.69, 9.17) is 40.2 Å². The van der Waals surface area contributed by atoms with Crippen LogP contribution in [0.5, 0.6) is 0 Å². The molecule has 0 unspecified atom stereocenters. The number of morpholine rings is 1. The van der Waals surface area contributed by atoms with Crippen LogP contribution in [0, 0.1) is 5.82 Å². The third-order valence-electron chi connectivity index (χ3n) is 6.09. The number of carbonyl (C=O) groups excluding carboxylic acids is 2. The fourth-order valence-electron chi connectivity index (χ4n) is 4.19. The Bertz CT molecular complexity index is 1410. The zero-order chi connectivity index (χ0) is 26.1. The molecular formula is C27H20Cl2FN3O3S. The molecule has 0 N–H and O–H groups in total. The molecule has 0 atom stereocenters. The van der Waals surface area contributed by atoms with Gasteiger partial charge in [0, 0.05) is 18.8 Å². The molecule has 10 heteroatoms. The van der Waals surface area contributed by atoms with Gasteiger partial charge in [0.15, 0.2) is 5.11 Å². The maximum Gasteiger partial charge on any atom is 0.270 e. The smallest absolute Gasteiger partial charge is 0.270 e. The van der Waals surface area contributed by atoms with Crippen molar-refractivity contribution in [2.75, 3.05) is 41.0 Å². The second-order valence-corrected chi connectivity index (χ2v) is 9.51. The summed E-state index contributed by atoms with van der Waals surface area (Å²) in [5.41, 5.74) is 2.03. The van der Waals surface area contributed by atoms with Crippen molar-refractivity contribution in [3.63, 3.8) is 0 Å². The van der Waals surface area contributed by atoms with Gasteiger partial charge in [0.05, 0.1) is 34.6 Å². The Balaban J connectivity index is 1.59. The molecule has 0 saturated carbocycles. The van der Waals surface area contributed by atoms with Crippen LogP contribution in [-0.4, -0.2) is 43.2 Å². The van der Waals surface area contributed by atoms with Crippen LogP contribution in [0.1, 0.15) is 5.56 Å². The van der Waals surface area contributed by atoms with E-state index in [2.05, 4.69) is 4.90 Å². The first-order chi connectivity index (χ1) is 17.8. The number of anilines is 3. The Morgan fingerprint density at radius 2 is 1.46 bits per heavy atom. The molecule has 6 nitrogen and oxygen atoms in total. The predicted molar refractivity (Wildman–Crippen MR) is 148 cm³/mol. The van der Waals surface area contributed by atoms with Gasteiger partial charge in [-0.05, 0) is 72.4 Å². The summed E-state index contributed by atoms with van der Waals surface area (Å²) in [5, 5.41) is 0.296. The van der Waals surface area contributed by atoms with Crippen LogP contribution >= 0.6 is 35.4 Å². The number of carbonyl (C=O) groups is 2. The molecule has 2 aliphatic rings. The van der Waals surface area contributed by atoms with Gasteiger partial charge in [-0.1, -0.05) is 41.4 Å². The van der Waals surface area contributed by atoms with Gasteiger partial charge in [-0.2, -0.15) is 0 Å². The number of rotatable bonds is 4. The average Bonchev–Trinajstić information content (AvgIpc) is 2.91. The molecule has 3 aromatic carbocycles. The van der Waals surface area contributed by atoms with E-state index in [1.807, 2.05) is 12.1 Å². The average molecular weight is 556 g/mol. The molecule has 5 rings (SSSR count). The molecule has 0 bridgehead atoms. The molecular weight excluding hydrogens is 536 g/mol. The minimum Gasteiger partial charge on any atom is -0.378 e. The standard InChI is InChI=1S/C27H20Cl2FN3O3S/c28-22-2-1-3-23(24(22)29)33-26(35)21(16-17-4-6-18(30)7-5-17)25(34)32(27(33)37)20-10-8-19(9-11-20)31-12-14-36-15-13-31/h1-11,16H,12-15H2/b21-16+. The Hall–Kier alpha value is -3.30. The summed E-state index contributed by atoms with van der Waals surface area (Å²) in [4.78, 5) is 32.0. The van der Waals surface area contributed by atoms with Gasteiger partial charge in [-0.25, -0.2) is 4.39 Å². The number of hydrogen-bond donors (Lipinski definition) is 0. The predicted octanol–water partition coefficient (Wildman–Crippen LogP) is 5.72. The Morgan fingerprint density at radius 3 is 2.14 bits per heavy atom. The van der Waals surface area contributed by atoms with Crippen LogP contribution in [0.15, 0.2) is 72.3 Å². The van der Waals surface area contributed by atoms with Gasteiger partial charge in [0.1, 0.15) is 11.4 Å². The lowest BCUT2D eigenvalue weighted by molar-refractivity contribution is -0.120. The van der Waals surface area contributed by atoms with Gasteiger partial charge in [-0.3, -0.25) is 19.4 Å². The third-order valence-corrected chi connectivity index (χ3v) is 7.26. The van der Waals surface area contributed by atoms with E-state index in [0.29, 0.717) is 24.5 Å². The third kappa shape index (κ3) is 4.98. The van der Waals surface area contributed by atoms with Gasteiger partial charge in [0.25, 0.3) is 11.8 Å². The van der Waals surface area contributed by atoms with Crippen LogP contribution < -0.4 is 14.7 Å². The molecule has 2 amide bonds. The second kappa shape index (κ2) is 10.6. The monoisotopic (exact) mass is 555 g/mol. The van der Waals surface area contributed by atoms with E-state index in [-0.39, 0.29) is 26.4 Å². The minimum atomic E-state index is -0.662. The number of thiocarbonyl (C=S) groups is 1. The summed E-state index contributed by atoms with van der Waals surface area (Å²) >= 11 is 18.3. The molecule has 188 valence electrons. The maximum atomic E-state index is 13.7. The van der Waals surface area contributed by atoms with Crippen molar-refractivity contribution in [3.8, 4) is 0 Å². The van der Waals surface area contributed by atoms with Crippen molar-refractivity contribution < 1.29 is 18.7 Å². The highest BCUT2D eigenvalue weighted by Gasteiger charge is 2.42. The number of nitrogens with zero attached hydrogens (tertiary/aromatic N) is 3. The zero-order valence-electron chi connectivity index (χ0n) is 19.4. The van der Waals surface area contributed by atoms with E-state index in [0.717, 1.165) is 18.8 Å². The molecule has 2 fully saturated rings. The van der Waals surface area contributed by atoms with Gasteiger partial charge >= 0.3 is 0 Å². The number of benzene rings is 3. The lowest BCUT2D eigenvalue weighted by Gasteiger charge is -2.37. The molecule has 0 radical (unpaired) electrons. The quantitative estimate of drug-likeness (QED) is 0.234. The Morgan fingerprint density at radius 1 is 0.838 bits per heavy atom. The topological polar surface area (TPSA) is 53.1 Å². The van der Waals surface area contributed by atoms with Gasteiger partial charge in [-0.15, -0.1) is 0 Å². The van der Waals surface area contributed by atoms with E-state index < -0.39 is 17.6 Å². The van der Waals surface area contributed by atoms with E-state index in [1.165, 1.54) is 40.1 Å². The lowest BCUT2D eigenvalue weighted by Crippen LogP contribution is -2.57. The fraction of sp³-hybridized carbons (Fsp3) is 0.148. The second-order valence-electron chi connectivity index (χ2n) is 8.36.